The van der Waals surface area contributed by atoms with Crippen molar-refractivity contribution in [3.05, 3.63) is 17.5 Å². The maximum Gasteiger partial charge on any atom is 0.525 e. The minimum absolute atomic E-state index is 0.427. The number of halogens is 1. The fourth-order valence-electron chi connectivity index (χ4n) is 2.58. The molecule has 120 valence electrons. The van der Waals surface area contributed by atoms with Gasteiger partial charge in [-0.1, -0.05) is 0 Å². The van der Waals surface area contributed by atoms with Crippen molar-refractivity contribution in [2.24, 2.45) is 0 Å². The lowest BCUT2D eigenvalue weighted by molar-refractivity contribution is 0.00578. The molecule has 5 nitrogen and oxygen atoms in total. The number of hydrogen-bond acceptors (Lipinski definition) is 4. The van der Waals surface area contributed by atoms with Crippen molar-refractivity contribution in [3.63, 3.8) is 0 Å². The maximum atomic E-state index is 14.9. The van der Waals surface area contributed by atoms with Crippen molar-refractivity contribution in [1.29, 1.82) is 0 Å². The molecule has 3 heterocycles. The van der Waals surface area contributed by atoms with Gasteiger partial charge in [-0.3, -0.25) is 0 Å². The molecular formula is C15H22BFN2O3. The van der Waals surface area contributed by atoms with E-state index in [9.17, 15) is 4.39 Å². The minimum atomic E-state index is -0.996. The Morgan fingerprint density at radius 2 is 1.91 bits per heavy atom. The number of fused-ring (bicyclic) bond motifs is 1. The Kier molecular flexibility index (Phi) is 3.60. The molecule has 0 unspecified atom stereocenters. The van der Waals surface area contributed by atoms with Crippen LogP contribution < -0.4 is 4.74 Å². The minimum Gasteiger partial charge on any atom is -0.477 e. The predicted octanol–water partition coefficient (Wildman–Crippen LogP) is 3.00. The first-order chi connectivity index (χ1) is 10.2. The van der Waals surface area contributed by atoms with E-state index in [1.165, 1.54) is 0 Å². The number of hydrogen-bond donors (Lipinski definition) is 0. The highest BCUT2D eigenvalue weighted by atomic mass is 19.1. The summed E-state index contributed by atoms with van der Waals surface area (Å²) in [6.45, 7) is 10.7. The normalized spacial score (nSPS) is 23.8. The van der Waals surface area contributed by atoms with Gasteiger partial charge in [-0.2, -0.15) is 5.10 Å². The number of nitrogens with zero attached hydrogens (tertiary/aromatic N) is 2. The summed E-state index contributed by atoms with van der Waals surface area (Å²) in [4.78, 5) is 0. The molecule has 0 radical (unpaired) electrons. The summed E-state index contributed by atoms with van der Waals surface area (Å²) < 4.78 is 33.8. The van der Waals surface area contributed by atoms with Gasteiger partial charge >= 0.3 is 7.12 Å². The largest absolute Gasteiger partial charge is 0.525 e. The third kappa shape index (κ3) is 2.36. The Labute approximate surface area is 130 Å². The third-order valence-corrected chi connectivity index (χ3v) is 4.77. The van der Waals surface area contributed by atoms with Crippen LogP contribution in [0, 0.1) is 0 Å². The SMILES string of the molecule is CC(=C(F)B1OC(C)(C)C(C)(C)O1)c1cnn2c1OCCC2. The zero-order valence-electron chi connectivity index (χ0n) is 13.8. The lowest BCUT2D eigenvalue weighted by atomic mass is 9.83. The van der Waals surface area contributed by atoms with Crippen LogP contribution in [-0.2, 0) is 15.9 Å². The molecule has 0 bridgehead atoms. The second kappa shape index (κ2) is 5.10. The number of rotatable bonds is 2. The van der Waals surface area contributed by atoms with E-state index in [0.717, 1.165) is 13.0 Å². The zero-order valence-corrected chi connectivity index (χ0v) is 13.8. The van der Waals surface area contributed by atoms with Gasteiger partial charge in [0, 0.05) is 13.0 Å². The molecule has 0 spiro atoms. The summed E-state index contributed by atoms with van der Waals surface area (Å²) in [5, 5.41) is 4.25. The summed E-state index contributed by atoms with van der Waals surface area (Å²) in [5.41, 5.74) is -0.453. The highest BCUT2D eigenvalue weighted by Gasteiger charge is 2.53. The van der Waals surface area contributed by atoms with Crippen LogP contribution in [0.2, 0.25) is 0 Å². The molecule has 1 saturated heterocycles. The number of aryl methyl sites for hydroxylation is 1. The van der Waals surface area contributed by atoms with E-state index in [2.05, 4.69) is 5.10 Å². The first-order valence-electron chi connectivity index (χ1n) is 7.64. The molecule has 0 aliphatic carbocycles. The van der Waals surface area contributed by atoms with Crippen LogP contribution in [0.3, 0.4) is 0 Å². The summed E-state index contributed by atoms with van der Waals surface area (Å²) in [6.07, 6.45) is 2.55. The Morgan fingerprint density at radius 1 is 1.27 bits per heavy atom. The van der Waals surface area contributed by atoms with Crippen LogP contribution >= 0.6 is 0 Å². The van der Waals surface area contributed by atoms with Crippen molar-refractivity contribution in [2.45, 2.75) is 58.8 Å². The van der Waals surface area contributed by atoms with Gasteiger partial charge in [0.15, 0.2) is 0 Å². The van der Waals surface area contributed by atoms with Gasteiger partial charge in [-0.15, -0.1) is 0 Å². The van der Waals surface area contributed by atoms with Crippen LogP contribution in [0.25, 0.3) is 5.57 Å². The highest BCUT2D eigenvalue weighted by Crippen LogP contribution is 2.41. The fourth-order valence-corrected chi connectivity index (χ4v) is 2.58. The second-order valence-electron chi connectivity index (χ2n) is 6.85. The number of allylic oxidation sites excluding steroid dienone is 1. The molecule has 0 amide bonds. The summed E-state index contributed by atoms with van der Waals surface area (Å²) in [6, 6.07) is 0. The van der Waals surface area contributed by atoms with Crippen LogP contribution in [0.1, 0.15) is 46.6 Å². The van der Waals surface area contributed by atoms with Crippen LogP contribution in [-0.4, -0.2) is 34.7 Å². The Bertz CT molecular complexity index is 608. The Balaban J connectivity index is 1.92. The third-order valence-electron chi connectivity index (χ3n) is 4.77. The van der Waals surface area contributed by atoms with E-state index >= 15 is 0 Å². The first-order valence-corrected chi connectivity index (χ1v) is 7.64. The molecule has 3 rings (SSSR count). The molecular weight excluding hydrogens is 286 g/mol. The smallest absolute Gasteiger partial charge is 0.477 e. The average Bonchev–Trinajstić information content (AvgIpc) is 2.96. The van der Waals surface area contributed by atoms with Crippen molar-refractivity contribution < 1.29 is 18.4 Å². The van der Waals surface area contributed by atoms with Gasteiger partial charge in [0.05, 0.1) is 29.6 Å². The zero-order chi connectivity index (χ0) is 16.1. The summed E-state index contributed by atoms with van der Waals surface area (Å²) in [7, 11) is -0.996. The van der Waals surface area contributed by atoms with E-state index in [0.29, 0.717) is 23.6 Å². The van der Waals surface area contributed by atoms with E-state index in [4.69, 9.17) is 14.0 Å². The van der Waals surface area contributed by atoms with Crippen LogP contribution in [0.15, 0.2) is 11.9 Å². The lowest BCUT2D eigenvalue weighted by Gasteiger charge is -2.32. The molecule has 0 N–H and O–H groups in total. The van der Waals surface area contributed by atoms with Crippen molar-refractivity contribution in [2.75, 3.05) is 6.61 Å². The van der Waals surface area contributed by atoms with Crippen molar-refractivity contribution in [3.8, 4) is 5.88 Å². The molecule has 0 aromatic carbocycles. The Morgan fingerprint density at radius 3 is 2.55 bits per heavy atom. The van der Waals surface area contributed by atoms with Gasteiger partial charge in [0.1, 0.15) is 5.73 Å². The summed E-state index contributed by atoms with van der Waals surface area (Å²) in [5.74, 6) is 0.621. The highest BCUT2D eigenvalue weighted by molar-refractivity contribution is 6.55. The molecule has 1 aromatic rings. The van der Waals surface area contributed by atoms with Gasteiger partial charge in [-0.05, 0) is 40.2 Å². The van der Waals surface area contributed by atoms with Crippen molar-refractivity contribution >= 4 is 12.7 Å². The molecule has 0 atom stereocenters. The average molecular weight is 308 g/mol. The molecule has 7 heteroatoms. The topological polar surface area (TPSA) is 45.5 Å². The van der Waals surface area contributed by atoms with Crippen LogP contribution in [0.4, 0.5) is 4.39 Å². The quantitative estimate of drug-likeness (QED) is 0.788. The van der Waals surface area contributed by atoms with E-state index in [1.54, 1.807) is 17.8 Å². The molecule has 0 saturated carbocycles. The van der Waals surface area contributed by atoms with Crippen LogP contribution in [0.5, 0.6) is 5.88 Å². The Hall–Kier alpha value is -1.34. The van der Waals surface area contributed by atoms with E-state index in [1.807, 2.05) is 27.7 Å². The predicted molar refractivity (Wildman–Crippen MR) is 82.1 cm³/mol. The molecule has 1 fully saturated rings. The van der Waals surface area contributed by atoms with Gasteiger partial charge in [-0.25, -0.2) is 9.07 Å². The lowest BCUT2D eigenvalue weighted by Crippen LogP contribution is -2.41. The standard InChI is InChI=1S/C15H22BFN2O3/c1-10(11-9-18-19-7-6-8-20-13(11)19)12(17)16-21-14(2,3)15(4,5)22-16/h9H,6-8H2,1-5H3. The summed E-state index contributed by atoms with van der Waals surface area (Å²) >= 11 is 0. The van der Waals surface area contributed by atoms with Gasteiger partial charge in [0.2, 0.25) is 5.88 Å². The fraction of sp³-hybridized carbons (Fsp3) is 0.667. The monoisotopic (exact) mass is 308 g/mol. The molecule has 2 aliphatic heterocycles. The molecule has 2 aliphatic rings. The van der Waals surface area contributed by atoms with Crippen molar-refractivity contribution in [1.82, 2.24) is 9.78 Å². The maximum absolute atomic E-state index is 14.9. The molecule has 22 heavy (non-hydrogen) atoms. The number of ether oxygens (including phenoxy) is 1. The van der Waals surface area contributed by atoms with E-state index in [-0.39, 0.29) is 0 Å². The van der Waals surface area contributed by atoms with Gasteiger partial charge in [0.25, 0.3) is 0 Å². The molecule has 1 aromatic heterocycles. The van der Waals surface area contributed by atoms with E-state index < -0.39 is 24.0 Å². The van der Waals surface area contributed by atoms with Gasteiger partial charge < -0.3 is 14.0 Å². The second-order valence-corrected chi connectivity index (χ2v) is 6.85. The first kappa shape index (κ1) is 15.6. The number of aromatic nitrogens is 2.